The molecule has 322 valence electrons. The summed E-state index contributed by atoms with van der Waals surface area (Å²) in [5.41, 5.74) is 6.48. The van der Waals surface area contributed by atoms with E-state index >= 15 is 0 Å². The Balaban J connectivity index is 1.25. The molecule has 9 nitrogen and oxygen atoms in total. The van der Waals surface area contributed by atoms with Crippen LogP contribution in [0.3, 0.4) is 0 Å². The summed E-state index contributed by atoms with van der Waals surface area (Å²) in [4.78, 5) is 0. The van der Waals surface area contributed by atoms with Crippen molar-refractivity contribution in [2.75, 3.05) is 26.4 Å². The molecule has 2 fully saturated rings. The van der Waals surface area contributed by atoms with Crippen molar-refractivity contribution in [2.45, 2.75) is 76.3 Å². The van der Waals surface area contributed by atoms with Crippen LogP contribution in [0.25, 0.3) is 0 Å². The highest BCUT2D eigenvalue weighted by atomic mass is 35.5. The van der Waals surface area contributed by atoms with Crippen LogP contribution in [0.5, 0.6) is 5.75 Å². The van der Waals surface area contributed by atoms with Gasteiger partial charge in [0, 0.05) is 16.1 Å². The van der Waals surface area contributed by atoms with Crippen molar-refractivity contribution in [3.8, 4) is 5.75 Å². The van der Waals surface area contributed by atoms with E-state index in [1.807, 2.05) is 165 Å². The number of hydrogen-bond acceptors (Lipinski definition) is 9. The Hall–Kier alpha value is -4.91. The number of hydrogen-bond donors (Lipinski definition) is 1. The van der Waals surface area contributed by atoms with E-state index in [1.165, 1.54) is 0 Å². The van der Waals surface area contributed by atoms with E-state index in [-0.39, 0.29) is 26.4 Å². The molecule has 5 atom stereocenters. The fourth-order valence-corrected chi connectivity index (χ4v) is 8.21. The molecule has 0 spiro atoms. The van der Waals surface area contributed by atoms with Gasteiger partial charge in [-0.1, -0.05) is 145 Å². The van der Waals surface area contributed by atoms with E-state index in [4.69, 9.17) is 49.5 Å². The maximum absolute atomic E-state index is 13.7. The molecule has 10 heteroatoms. The van der Waals surface area contributed by atoms with Gasteiger partial charge in [0.05, 0.1) is 52.9 Å². The van der Waals surface area contributed by atoms with Gasteiger partial charge in [-0.25, -0.2) is 0 Å². The van der Waals surface area contributed by atoms with Crippen molar-refractivity contribution in [3.05, 3.63) is 207 Å². The van der Waals surface area contributed by atoms with Crippen molar-refractivity contribution in [2.24, 2.45) is 0 Å². The molecule has 62 heavy (non-hydrogen) atoms. The lowest BCUT2D eigenvalue weighted by atomic mass is 9.84. The van der Waals surface area contributed by atoms with Crippen molar-refractivity contribution >= 4 is 11.6 Å². The normalized spacial score (nSPS) is 21.5. The van der Waals surface area contributed by atoms with E-state index in [0.29, 0.717) is 49.0 Å². The summed E-state index contributed by atoms with van der Waals surface area (Å²) >= 11 is 7.14. The molecular weight excluding hydrogens is 804 g/mol. The molecular formula is C52H53ClO9. The van der Waals surface area contributed by atoms with E-state index in [2.05, 4.69) is 0 Å². The quantitative estimate of drug-likeness (QED) is 0.0855. The zero-order valence-electron chi connectivity index (χ0n) is 34.9. The first-order valence-corrected chi connectivity index (χ1v) is 21.6. The molecule has 6 aromatic carbocycles. The first-order valence-electron chi connectivity index (χ1n) is 21.2. The lowest BCUT2D eigenvalue weighted by Gasteiger charge is -2.51. The van der Waals surface area contributed by atoms with Crippen LogP contribution in [-0.4, -0.2) is 55.9 Å². The average Bonchev–Trinajstić information content (AvgIpc) is 3.86. The number of halogens is 1. The zero-order chi connectivity index (χ0) is 42.6. The van der Waals surface area contributed by atoms with Gasteiger partial charge in [0.25, 0.3) is 0 Å². The number of aliphatic hydroxyl groups is 1. The van der Waals surface area contributed by atoms with Gasteiger partial charge in [0.15, 0.2) is 6.29 Å². The predicted octanol–water partition coefficient (Wildman–Crippen LogP) is 9.89. The van der Waals surface area contributed by atoms with Crippen molar-refractivity contribution in [1.29, 1.82) is 0 Å². The van der Waals surface area contributed by atoms with Gasteiger partial charge in [0.2, 0.25) is 5.79 Å². The van der Waals surface area contributed by atoms with Gasteiger partial charge in [-0.3, -0.25) is 0 Å². The Bertz CT molecular complexity index is 2260. The van der Waals surface area contributed by atoms with E-state index in [0.717, 1.165) is 39.1 Å². The molecule has 0 aromatic heterocycles. The van der Waals surface area contributed by atoms with Crippen LogP contribution in [0.2, 0.25) is 5.02 Å². The fraction of sp³-hybridized carbons (Fsp3) is 0.308. The van der Waals surface area contributed by atoms with Crippen molar-refractivity contribution in [3.63, 3.8) is 0 Å². The Morgan fingerprint density at radius 1 is 0.613 bits per heavy atom. The standard InChI is InChI=1S/C52H53ClO9/c1-2-56-43-25-23-37(24-26-43)29-42-30-45(44(31-46(42)53)51-57-27-28-58-51)52(54)50(61-35-41-21-13-6-14-22-41)49(60-34-40-19-11-5-12-20-40)48(59-33-39-17-9-4-10-18-39)47(62-52)36-55-32-38-15-7-3-8-16-38/h3-26,30-31,47-51,54H,2,27-29,32-36H2,1H3. The predicted molar refractivity (Wildman–Crippen MR) is 236 cm³/mol. The lowest BCUT2D eigenvalue weighted by molar-refractivity contribution is -0.379. The van der Waals surface area contributed by atoms with Crippen LogP contribution in [0.1, 0.15) is 57.7 Å². The third kappa shape index (κ3) is 11.0. The Labute approximate surface area is 369 Å². The summed E-state index contributed by atoms with van der Waals surface area (Å²) < 4.78 is 52.3. The molecule has 1 N–H and O–H groups in total. The Kier molecular flexibility index (Phi) is 15.1. The molecule has 2 heterocycles. The third-order valence-corrected chi connectivity index (χ3v) is 11.4. The second kappa shape index (κ2) is 21.4. The highest BCUT2D eigenvalue weighted by Crippen LogP contribution is 2.46. The van der Waals surface area contributed by atoms with Gasteiger partial charge in [0.1, 0.15) is 30.2 Å². The van der Waals surface area contributed by atoms with E-state index < -0.39 is 36.5 Å². The van der Waals surface area contributed by atoms with Gasteiger partial charge in [-0.15, -0.1) is 0 Å². The molecule has 2 saturated heterocycles. The molecule has 0 aliphatic carbocycles. The average molecular weight is 857 g/mol. The second-order valence-corrected chi connectivity index (χ2v) is 15.9. The van der Waals surface area contributed by atoms with Gasteiger partial charge in [-0.05, 0) is 71.0 Å². The maximum Gasteiger partial charge on any atom is 0.223 e. The smallest absolute Gasteiger partial charge is 0.223 e. The number of benzene rings is 6. The van der Waals surface area contributed by atoms with Crippen molar-refractivity contribution in [1.82, 2.24) is 0 Å². The minimum atomic E-state index is -2.17. The number of rotatable bonds is 19. The van der Waals surface area contributed by atoms with E-state index in [9.17, 15) is 5.11 Å². The van der Waals surface area contributed by atoms with Crippen molar-refractivity contribution < 1.29 is 43.0 Å². The first-order chi connectivity index (χ1) is 30.5. The third-order valence-electron chi connectivity index (χ3n) is 11.1. The van der Waals surface area contributed by atoms with Crippen LogP contribution in [0, 0.1) is 0 Å². The maximum atomic E-state index is 13.7. The van der Waals surface area contributed by atoms with Crippen LogP contribution in [0.15, 0.2) is 158 Å². The topological polar surface area (TPSA) is 94.1 Å². The SMILES string of the molecule is CCOc1ccc(Cc2cc(C3(O)OC(COCc4ccccc4)C(OCc4ccccc4)C(OCc4ccccc4)C3OCc3ccccc3)c(C3OCCO3)cc2Cl)cc1. The second-order valence-electron chi connectivity index (χ2n) is 15.5. The van der Waals surface area contributed by atoms with Gasteiger partial charge >= 0.3 is 0 Å². The van der Waals surface area contributed by atoms with Gasteiger partial charge in [-0.2, -0.15) is 0 Å². The molecule has 5 unspecified atom stereocenters. The summed E-state index contributed by atoms with van der Waals surface area (Å²) in [5.74, 6) is -1.39. The lowest BCUT2D eigenvalue weighted by Crippen LogP contribution is -2.66. The van der Waals surface area contributed by atoms with Crippen LogP contribution in [-0.2, 0) is 71.8 Å². The first kappa shape index (κ1) is 43.7. The molecule has 6 aromatic rings. The Morgan fingerprint density at radius 2 is 1.13 bits per heavy atom. The number of ether oxygens (including phenoxy) is 8. The molecule has 0 saturated carbocycles. The van der Waals surface area contributed by atoms with Crippen LogP contribution >= 0.6 is 11.6 Å². The molecule has 8 rings (SSSR count). The summed E-state index contributed by atoms with van der Waals surface area (Å²) in [6.07, 6.45) is -4.04. The molecule has 0 radical (unpaired) electrons. The summed E-state index contributed by atoms with van der Waals surface area (Å²) in [6, 6.07) is 51.2. The highest BCUT2D eigenvalue weighted by Gasteiger charge is 2.58. The minimum Gasteiger partial charge on any atom is -0.494 e. The fourth-order valence-electron chi connectivity index (χ4n) is 7.97. The van der Waals surface area contributed by atoms with Crippen LogP contribution < -0.4 is 4.74 Å². The summed E-state index contributed by atoms with van der Waals surface area (Å²) in [5, 5.41) is 14.2. The molecule has 0 bridgehead atoms. The minimum absolute atomic E-state index is 0.0612. The van der Waals surface area contributed by atoms with E-state index in [1.54, 1.807) is 0 Å². The highest BCUT2D eigenvalue weighted by molar-refractivity contribution is 6.31. The zero-order valence-corrected chi connectivity index (χ0v) is 35.6. The largest absolute Gasteiger partial charge is 0.494 e. The monoisotopic (exact) mass is 856 g/mol. The molecule has 2 aliphatic rings. The van der Waals surface area contributed by atoms with Gasteiger partial charge < -0.3 is 43.0 Å². The molecule has 0 amide bonds. The molecule has 2 aliphatic heterocycles. The Morgan fingerprint density at radius 3 is 1.68 bits per heavy atom. The van der Waals surface area contributed by atoms with Crippen LogP contribution in [0.4, 0.5) is 0 Å². The summed E-state index contributed by atoms with van der Waals surface area (Å²) in [6.45, 7) is 4.25. The summed E-state index contributed by atoms with van der Waals surface area (Å²) in [7, 11) is 0.